The molecule has 2 aliphatic rings. The summed E-state index contributed by atoms with van der Waals surface area (Å²) >= 11 is 0. The van der Waals surface area contributed by atoms with Gasteiger partial charge in [-0.15, -0.1) is 0 Å². The molecule has 1 nitrogen and oxygen atoms in total. The van der Waals surface area contributed by atoms with E-state index in [-0.39, 0.29) is 17.4 Å². The van der Waals surface area contributed by atoms with E-state index in [0.717, 1.165) is 0 Å². The third-order valence-electron chi connectivity index (χ3n) is 6.23. The molecule has 0 bridgehead atoms. The van der Waals surface area contributed by atoms with Gasteiger partial charge >= 0.3 is 0 Å². The van der Waals surface area contributed by atoms with E-state index in [9.17, 15) is 0 Å². The van der Waals surface area contributed by atoms with E-state index in [4.69, 9.17) is 5.11 Å². The van der Waals surface area contributed by atoms with Crippen molar-refractivity contribution < 1.29 is 5.11 Å². The molecule has 0 saturated carbocycles. The lowest BCUT2D eigenvalue weighted by Gasteiger charge is -2.33. The summed E-state index contributed by atoms with van der Waals surface area (Å²) in [5.41, 5.74) is 6.58. The molecule has 3 aromatic rings. The highest BCUT2D eigenvalue weighted by atomic mass is 16.3. The molecule has 118 valence electrons. The SMILES string of the molecule is C[C@@]12C([OH2+])c3ccccc3C1c1ccccc1C2c1ccccc1. The molecule has 24 heavy (non-hydrogen) atoms. The van der Waals surface area contributed by atoms with Crippen LogP contribution in [0.4, 0.5) is 0 Å². The summed E-state index contributed by atoms with van der Waals surface area (Å²) in [6, 6.07) is 28.2. The molecule has 0 radical (unpaired) electrons. The molecule has 4 atom stereocenters. The first kappa shape index (κ1) is 14.0. The largest absolute Gasteiger partial charge is 0.439 e. The van der Waals surface area contributed by atoms with Gasteiger partial charge in [-0.1, -0.05) is 78.9 Å². The van der Waals surface area contributed by atoms with E-state index < -0.39 is 0 Å². The minimum absolute atomic E-state index is 0.130. The number of rotatable bonds is 1. The highest BCUT2D eigenvalue weighted by molar-refractivity contribution is 5.59. The number of hydrogen-bond acceptors (Lipinski definition) is 0. The maximum Gasteiger partial charge on any atom is 0.187 e. The Labute approximate surface area is 142 Å². The van der Waals surface area contributed by atoms with Crippen molar-refractivity contribution in [2.45, 2.75) is 24.9 Å². The summed E-state index contributed by atoms with van der Waals surface area (Å²) in [4.78, 5) is 0. The topological polar surface area (TPSA) is 22.9 Å². The molecule has 1 heteroatoms. The van der Waals surface area contributed by atoms with Crippen LogP contribution in [0.1, 0.15) is 52.7 Å². The van der Waals surface area contributed by atoms with Gasteiger partial charge < -0.3 is 5.11 Å². The van der Waals surface area contributed by atoms with E-state index >= 15 is 0 Å². The molecule has 0 fully saturated rings. The molecule has 0 spiro atoms. The second kappa shape index (κ2) is 4.81. The van der Waals surface area contributed by atoms with Gasteiger partial charge in [-0.3, -0.25) is 0 Å². The van der Waals surface area contributed by atoms with Crippen molar-refractivity contribution in [3.63, 3.8) is 0 Å². The Morgan fingerprint density at radius 1 is 0.625 bits per heavy atom. The zero-order chi connectivity index (χ0) is 16.3. The first-order valence-corrected chi connectivity index (χ1v) is 8.66. The van der Waals surface area contributed by atoms with Crippen molar-refractivity contribution in [1.82, 2.24) is 0 Å². The molecule has 2 aliphatic carbocycles. The van der Waals surface area contributed by atoms with Crippen molar-refractivity contribution in [2.75, 3.05) is 0 Å². The van der Waals surface area contributed by atoms with Gasteiger partial charge in [-0.05, 0) is 29.2 Å². The Morgan fingerprint density at radius 2 is 1.08 bits per heavy atom. The highest BCUT2D eigenvalue weighted by Crippen LogP contribution is 2.69. The van der Waals surface area contributed by atoms with Gasteiger partial charge in [0.25, 0.3) is 0 Å². The summed E-state index contributed by atoms with van der Waals surface area (Å²) in [6.07, 6.45) is -0.198. The number of fused-ring (bicyclic) bond motifs is 5. The molecule has 0 saturated heterocycles. The van der Waals surface area contributed by atoms with Crippen LogP contribution in [0, 0.1) is 5.41 Å². The molecule has 3 unspecified atom stereocenters. The summed E-state index contributed by atoms with van der Waals surface area (Å²) in [5.74, 6) is 0.590. The van der Waals surface area contributed by atoms with Crippen LogP contribution in [0.15, 0.2) is 78.9 Å². The monoisotopic (exact) mass is 313 g/mol. The average molecular weight is 313 g/mol. The quantitative estimate of drug-likeness (QED) is 0.579. The predicted octanol–water partition coefficient (Wildman–Crippen LogP) is 4.75. The second-order valence-corrected chi connectivity index (χ2v) is 7.33. The predicted molar refractivity (Wildman–Crippen MR) is 97.5 cm³/mol. The molecule has 0 amide bonds. The van der Waals surface area contributed by atoms with Crippen LogP contribution in [0.2, 0.25) is 0 Å². The Hall–Kier alpha value is -2.38. The minimum Gasteiger partial charge on any atom is -0.439 e. The van der Waals surface area contributed by atoms with Gasteiger partial charge in [-0.25, -0.2) is 0 Å². The average Bonchev–Trinajstić information content (AvgIpc) is 3.02. The van der Waals surface area contributed by atoms with Crippen LogP contribution < -0.4 is 0 Å². The van der Waals surface area contributed by atoms with Crippen molar-refractivity contribution in [3.05, 3.63) is 107 Å². The Morgan fingerprint density at radius 3 is 1.71 bits per heavy atom. The van der Waals surface area contributed by atoms with Crippen LogP contribution in [0.3, 0.4) is 0 Å². The van der Waals surface area contributed by atoms with Gasteiger partial charge in [0.05, 0.1) is 5.41 Å². The van der Waals surface area contributed by atoms with E-state index in [2.05, 4.69) is 85.8 Å². The highest BCUT2D eigenvalue weighted by Gasteiger charge is 2.62. The van der Waals surface area contributed by atoms with Gasteiger partial charge in [0.1, 0.15) is 0 Å². The van der Waals surface area contributed by atoms with Crippen molar-refractivity contribution in [1.29, 1.82) is 0 Å². The van der Waals surface area contributed by atoms with Crippen molar-refractivity contribution in [3.8, 4) is 0 Å². The fourth-order valence-corrected chi connectivity index (χ4v) is 5.27. The Balaban J connectivity index is 1.82. The molecular formula is C23H21O+. The van der Waals surface area contributed by atoms with E-state index in [0.29, 0.717) is 5.92 Å². The van der Waals surface area contributed by atoms with Crippen LogP contribution >= 0.6 is 0 Å². The smallest absolute Gasteiger partial charge is 0.187 e. The van der Waals surface area contributed by atoms with Gasteiger partial charge in [-0.2, -0.15) is 0 Å². The van der Waals surface area contributed by atoms with Crippen LogP contribution in [-0.2, 0) is 0 Å². The zero-order valence-corrected chi connectivity index (χ0v) is 13.7. The van der Waals surface area contributed by atoms with E-state index in [1.54, 1.807) is 0 Å². The Bertz CT molecular complexity index is 899. The molecular weight excluding hydrogens is 292 g/mol. The number of benzene rings is 3. The summed E-state index contributed by atoms with van der Waals surface area (Å²) in [6.45, 7) is 2.33. The van der Waals surface area contributed by atoms with Crippen LogP contribution in [-0.4, -0.2) is 5.11 Å². The molecule has 0 aromatic heterocycles. The van der Waals surface area contributed by atoms with Gasteiger partial charge in [0.15, 0.2) is 6.10 Å². The standard InChI is InChI=1S/C23H20O/c1-23-20(15-9-3-2-4-10-15)16-11-5-6-12-17(16)21(23)18-13-7-8-14-19(18)22(23)24/h2-14,20-22,24H,1H3/p+1/t20?,21?,22?,23-/m0/s1. The number of hydrogen-bond donors (Lipinski definition) is 0. The minimum atomic E-state index is -0.198. The third kappa shape index (κ3) is 1.58. The van der Waals surface area contributed by atoms with Gasteiger partial charge in [0.2, 0.25) is 0 Å². The molecule has 0 heterocycles. The first-order valence-electron chi connectivity index (χ1n) is 8.66. The summed E-state index contributed by atoms with van der Waals surface area (Å²) in [5, 5.41) is 9.09. The lowest BCUT2D eigenvalue weighted by atomic mass is 9.68. The normalized spacial score (nSPS) is 29.8. The molecule has 3 aromatic carbocycles. The van der Waals surface area contributed by atoms with Crippen LogP contribution in [0.5, 0.6) is 0 Å². The fraction of sp³-hybridized carbons (Fsp3) is 0.217. The molecule has 0 aliphatic heterocycles. The fourth-order valence-electron chi connectivity index (χ4n) is 5.27. The van der Waals surface area contributed by atoms with Crippen LogP contribution in [0.25, 0.3) is 0 Å². The Kier molecular flexibility index (Phi) is 2.81. The van der Waals surface area contributed by atoms with Gasteiger partial charge in [0, 0.05) is 17.4 Å². The molecule has 2 N–H and O–H groups in total. The third-order valence-corrected chi connectivity index (χ3v) is 6.23. The first-order chi connectivity index (χ1) is 11.7. The lowest BCUT2D eigenvalue weighted by molar-refractivity contribution is 0.0384. The molecule has 5 rings (SSSR count). The van der Waals surface area contributed by atoms with E-state index in [1.807, 2.05) is 0 Å². The summed E-state index contributed by atoms with van der Waals surface area (Å²) in [7, 11) is 0. The van der Waals surface area contributed by atoms with Crippen molar-refractivity contribution >= 4 is 0 Å². The lowest BCUT2D eigenvalue weighted by Crippen LogP contribution is -2.29. The summed E-state index contributed by atoms with van der Waals surface area (Å²) < 4.78 is 0. The van der Waals surface area contributed by atoms with Crippen molar-refractivity contribution in [2.24, 2.45) is 5.41 Å². The second-order valence-electron chi connectivity index (χ2n) is 7.33. The maximum atomic E-state index is 9.09. The zero-order valence-electron chi connectivity index (χ0n) is 13.7. The maximum absolute atomic E-state index is 9.09. The van der Waals surface area contributed by atoms with E-state index in [1.165, 1.54) is 27.8 Å².